The average molecular weight is 303 g/mol. The van der Waals surface area contributed by atoms with Gasteiger partial charge in [-0.2, -0.15) is 0 Å². The Bertz CT molecular complexity index is 766. The van der Waals surface area contributed by atoms with Gasteiger partial charge in [-0.3, -0.25) is 4.72 Å². The first kappa shape index (κ1) is 13.9. The van der Waals surface area contributed by atoms with Crippen LogP contribution in [0.1, 0.15) is 29.9 Å². The van der Waals surface area contributed by atoms with E-state index in [1.54, 1.807) is 19.1 Å². The number of nitrogen functional groups attached to an aromatic ring is 1. The van der Waals surface area contributed by atoms with Crippen molar-refractivity contribution in [3.8, 4) is 0 Å². The summed E-state index contributed by atoms with van der Waals surface area (Å²) in [7, 11) is -3.64. The molecule has 0 saturated heterocycles. The largest absolute Gasteiger partial charge is 0.383 e. The minimum absolute atomic E-state index is 0.112. The highest BCUT2D eigenvalue weighted by Crippen LogP contribution is 2.40. The zero-order chi connectivity index (χ0) is 15.0. The molecule has 3 N–H and O–H groups in total. The quantitative estimate of drug-likeness (QED) is 0.909. The number of hydrogen-bond acceptors (Lipinski definition) is 4. The Morgan fingerprint density at radius 2 is 1.90 bits per heavy atom. The van der Waals surface area contributed by atoms with Gasteiger partial charge in [0.1, 0.15) is 10.7 Å². The van der Waals surface area contributed by atoms with Crippen LogP contribution in [0.25, 0.3) is 0 Å². The second-order valence-electron chi connectivity index (χ2n) is 5.37. The summed E-state index contributed by atoms with van der Waals surface area (Å²) in [6, 6.07) is 9.05. The van der Waals surface area contributed by atoms with Gasteiger partial charge in [0.05, 0.1) is 0 Å². The van der Waals surface area contributed by atoms with Crippen molar-refractivity contribution >= 4 is 21.5 Å². The second-order valence-corrected chi connectivity index (χ2v) is 7.06. The van der Waals surface area contributed by atoms with Crippen LogP contribution in [0, 0.1) is 6.92 Å². The highest BCUT2D eigenvalue weighted by Gasteiger charge is 2.23. The van der Waals surface area contributed by atoms with Gasteiger partial charge < -0.3 is 5.73 Å². The van der Waals surface area contributed by atoms with Gasteiger partial charge in [0.15, 0.2) is 0 Å². The number of nitrogens with two attached hydrogens (primary N) is 1. The van der Waals surface area contributed by atoms with Gasteiger partial charge in [0.2, 0.25) is 0 Å². The predicted molar refractivity (Wildman–Crippen MR) is 82.6 cm³/mol. The zero-order valence-electron chi connectivity index (χ0n) is 11.7. The van der Waals surface area contributed by atoms with Crippen molar-refractivity contribution in [3.63, 3.8) is 0 Å². The predicted octanol–water partition coefficient (Wildman–Crippen LogP) is 2.65. The van der Waals surface area contributed by atoms with E-state index in [0.29, 0.717) is 23.0 Å². The smallest absolute Gasteiger partial charge is 0.263 e. The molecule has 1 aromatic carbocycles. The van der Waals surface area contributed by atoms with Gasteiger partial charge in [-0.05, 0) is 55.0 Å². The fourth-order valence-electron chi connectivity index (χ4n) is 2.16. The van der Waals surface area contributed by atoms with Crippen LogP contribution in [-0.2, 0) is 10.0 Å². The Labute approximate surface area is 124 Å². The number of benzene rings is 1. The van der Waals surface area contributed by atoms with Crippen LogP contribution in [0.5, 0.6) is 0 Å². The van der Waals surface area contributed by atoms with Gasteiger partial charge in [-0.1, -0.05) is 12.1 Å². The van der Waals surface area contributed by atoms with Crippen molar-refractivity contribution in [3.05, 3.63) is 47.7 Å². The van der Waals surface area contributed by atoms with Crippen LogP contribution in [0.2, 0.25) is 0 Å². The monoisotopic (exact) mass is 303 g/mol. The van der Waals surface area contributed by atoms with E-state index in [1.165, 1.54) is 30.7 Å². The molecule has 0 amide bonds. The second kappa shape index (κ2) is 5.04. The number of anilines is 2. The Kier molecular flexibility index (Phi) is 3.33. The van der Waals surface area contributed by atoms with E-state index in [0.717, 1.165) is 0 Å². The maximum atomic E-state index is 12.3. The Hall–Kier alpha value is -2.08. The number of nitrogens with one attached hydrogen (secondary N) is 1. The van der Waals surface area contributed by atoms with Gasteiger partial charge in [0, 0.05) is 11.9 Å². The molecule has 6 heteroatoms. The van der Waals surface area contributed by atoms with E-state index in [4.69, 9.17) is 5.73 Å². The van der Waals surface area contributed by atoms with E-state index in [2.05, 4.69) is 9.71 Å². The number of sulfonamides is 1. The lowest BCUT2D eigenvalue weighted by atomic mass is 10.1. The first-order chi connectivity index (χ1) is 9.95. The standard InChI is InChI=1S/C15H17N3O2S/c1-10-8-14(9-17-15(10)16)21(19,20)18-13-6-4-12(5-7-13)11-2-3-11/h4-9,11,18H,2-3H2,1H3,(H2,16,17). The molecular weight excluding hydrogens is 286 g/mol. The Morgan fingerprint density at radius 3 is 2.48 bits per heavy atom. The molecule has 1 saturated carbocycles. The van der Waals surface area contributed by atoms with Crippen molar-refractivity contribution in [2.24, 2.45) is 0 Å². The first-order valence-electron chi connectivity index (χ1n) is 6.80. The number of rotatable bonds is 4. The van der Waals surface area contributed by atoms with Crippen LogP contribution in [0.3, 0.4) is 0 Å². The van der Waals surface area contributed by atoms with Crippen molar-refractivity contribution < 1.29 is 8.42 Å². The van der Waals surface area contributed by atoms with Crippen LogP contribution in [-0.4, -0.2) is 13.4 Å². The fraction of sp³-hybridized carbons (Fsp3) is 0.267. The molecule has 0 bridgehead atoms. The summed E-state index contributed by atoms with van der Waals surface area (Å²) in [6.07, 6.45) is 3.71. The molecule has 3 rings (SSSR count). The summed E-state index contributed by atoms with van der Waals surface area (Å²) < 4.78 is 27.2. The fourth-order valence-corrected chi connectivity index (χ4v) is 3.25. The minimum atomic E-state index is -3.64. The third kappa shape index (κ3) is 3.00. The highest BCUT2D eigenvalue weighted by atomic mass is 32.2. The number of aromatic nitrogens is 1. The third-order valence-corrected chi connectivity index (χ3v) is 4.96. The highest BCUT2D eigenvalue weighted by molar-refractivity contribution is 7.92. The first-order valence-corrected chi connectivity index (χ1v) is 8.29. The SMILES string of the molecule is Cc1cc(S(=O)(=O)Nc2ccc(C3CC3)cc2)cnc1N. The topological polar surface area (TPSA) is 85.1 Å². The van der Waals surface area contributed by atoms with E-state index in [-0.39, 0.29) is 4.90 Å². The lowest BCUT2D eigenvalue weighted by molar-refractivity contribution is 0.600. The number of hydrogen-bond donors (Lipinski definition) is 2. The molecule has 1 fully saturated rings. The van der Waals surface area contributed by atoms with Crippen molar-refractivity contribution in [2.75, 3.05) is 10.5 Å². The normalized spacial score (nSPS) is 14.9. The van der Waals surface area contributed by atoms with Crippen molar-refractivity contribution in [1.82, 2.24) is 4.98 Å². The number of aryl methyl sites for hydroxylation is 1. The van der Waals surface area contributed by atoms with E-state index in [1.807, 2.05) is 12.1 Å². The third-order valence-electron chi connectivity index (χ3n) is 3.62. The van der Waals surface area contributed by atoms with Crippen molar-refractivity contribution in [2.45, 2.75) is 30.6 Å². The molecular formula is C15H17N3O2S. The average Bonchev–Trinajstić information content (AvgIpc) is 3.27. The van der Waals surface area contributed by atoms with Crippen LogP contribution in [0.4, 0.5) is 11.5 Å². The molecule has 1 aliphatic rings. The van der Waals surface area contributed by atoms with Gasteiger partial charge >= 0.3 is 0 Å². The molecule has 1 aromatic heterocycles. The summed E-state index contributed by atoms with van der Waals surface area (Å²) in [5.41, 5.74) is 8.07. The molecule has 0 unspecified atom stereocenters. The molecule has 0 radical (unpaired) electrons. The van der Waals surface area contributed by atoms with Crippen molar-refractivity contribution in [1.29, 1.82) is 0 Å². The minimum Gasteiger partial charge on any atom is -0.383 e. The zero-order valence-corrected chi connectivity index (χ0v) is 12.5. The maximum absolute atomic E-state index is 12.3. The summed E-state index contributed by atoms with van der Waals surface area (Å²) in [4.78, 5) is 4.00. The molecule has 0 spiro atoms. The van der Waals surface area contributed by atoms with Gasteiger partial charge in [-0.15, -0.1) is 0 Å². The summed E-state index contributed by atoms with van der Waals surface area (Å²) in [5, 5.41) is 0. The summed E-state index contributed by atoms with van der Waals surface area (Å²) >= 11 is 0. The molecule has 110 valence electrons. The number of nitrogens with zero attached hydrogens (tertiary/aromatic N) is 1. The van der Waals surface area contributed by atoms with E-state index in [9.17, 15) is 8.42 Å². The lowest BCUT2D eigenvalue weighted by Gasteiger charge is -2.09. The van der Waals surface area contributed by atoms with E-state index >= 15 is 0 Å². The maximum Gasteiger partial charge on any atom is 0.263 e. The molecule has 0 atom stereocenters. The van der Waals surface area contributed by atoms with Crippen LogP contribution >= 0.6 is 0 Å². The van der Waals surface area contributed by atoms with Gasteiger partial charge in [0.25, 0.3) is 10.0 Å². The lowest BCUT2D eigenvalue weighted by Crippen LogP contribution is -2.14. The van der Waals surface area contributed by atoms with Crippen LogP contribution in [0.15, 0.2) is 41.4 Å². The van der Waals surface area contributed by atoms with Crippen LogP contribution < -0.4 is 10.5 Å². The van der Waals surface area contributed by atoms with E-state index < -0.39 is 10.0 Å². The Balaban J connectivity index is 1.82. The Morgan fingerprint density at radius 1 is 1.24 bits per heavy atom. The summed E-state index contributed by atoms with van der Waals surface area (Å²) in [5.74, 6) is 0.988. The molecule has 1 heterocycles. The molecule has 21 heavy (non-hydrogen) atoms. The molecule has 2 aromatic rings. The number of pyridine rings is 1. The molecule has 1 aliphatic carbocycles. The molecule has 5 nitrogen and oxygen atoms in total. The molecule has 0 aliphatic heterocycles. The van der Waals surface area contributed by atoms with Gasteiger partial charge in [-0.25, -0.2) is 13.4 Å². The summed E-state index contributed by atoms with van der Waals surface area (Å²) in [6.45, 7) is 1.73.